The number of benzene rings is 2. The van der Waals surface area contributed by atoms with Crippen molar-refractivity contribution in [1.29, 1.82) is 5.26 Å². The van der Waals surface area contributed by atoms with Crippen LogP contribution in [-0.2, 0) is 6.42 Å². The predicted molar refractivity (Wildman–Crippen MR) is 126 cm³/mol. The fraction of sp³-hybridized carbons (Fsp3) is 0.500. The van der Waals surface area contributed by atoms with Gasteiger partial charge >= 0.3 is 0 Å². The average Bonchev–Trinajstić information content (AvgIpc) is 2.77. The zero-order valence-corrected chi connectivity index (χ0v) is 19.1. The summed E-state index contributed by atoms with van der Waals surface area (Å²) in [5, 5.41) is 20.0. The highest BCUT2D eigenvalue weighted by Crippen LogP contribution is 2.28. The van der Waals surface area contributed by atoms with Gasteiger partial charge in [0.25, 0.3) is 0 Å². The molecule has 1 saturated heterocycles. The average molecular weight is 422 g/mol. The van der Waals surface area contributed by atoms with Crippen LogP contribution < -0.4 is 9.64 Å². The zero-order chi connectivity index (χ0) is 22.3. The fourth-order valence-electron chi connectivity index (χ4n) is 4.05. The van der Waals surface area contributed by atoms with Crippen molar-refractivity contribution < 1.29 is 9.84 Å². The van der Waals surface area contributed by atoms with Gasteiger partial charge in [-0.2, -0.15) is 5.26 Å². The van der Waals surface area contributed by atoms with Gasteiger partial charge in [-0.05, 0) is 69.4 Å². The summed E-state index contributed by atoms with van der Waals surface area (Å²) in [4.78, 5) is 4.63. The third kappa shape index (κ3) is 6.99. The summed E-state index contributed by atoms with van der Waals surface area (Å²) in [6.07, 6.45) is 3.52. The highest BCUT2D eigenvalue weighted by atomic mass is 16.5. The van der Waals surface area contributed by atoms with Crippen LogP contribution in [0.25, 0.3) is 0 Å². The number of ether oxygens (including phenoxy) is 1. The normalized spacial score (nSPS) is 16.1. The number of aliphatic hydroxyl groups is 1. The van der Waals surface area contributed by atoms with Gasteiger partial charge in [-0.3, -0.25) is 0 Å². The molecule has 3 rings (SSSR count). The summed E-state index contributed by atoms with van der Waals surface area (Å²) in [6, 6.07) is 18.2. The van der Waals surface area contributed by atoms with Crippen LogP contribution in [0.2, 0.25) is 0 Å². The van der Waals surface area contributed by atoms with E-state index in [1.165, 1.54) is 5.56 Å². The van der Waals surface area contributed by atoms with E-state index in [0.717, 1.165) is 63.3 Å². The fourth-order valence-corrected chi connectivity index (χ4v) is 4.05. The Kier molecular flexibility index (Phi) is 7.95. The van der Waals surface area contributed by atoms with Crippen molar-refractivity contribution in [2.45, 2.75) is 51.2 Å². The zero-order valence-electron chi connectivity index (χ0n) is 19.1. The first-order valence-electron chi connectivity index (χ1n) is 11.3. The number of anilines is 1. The van der Waals surface area contributed by atoms with E-state index in [-0.39, 0.29) is 6.10 Å². The molecule has 2 aromatic rings. The van der Waals surface area contributed by atoms with Gasteiger partial charge in [0.05, 0.1) is 23.3 Å². The van der Waals surface area contributed by atoms with E-state index in [1.54, 1.807) is 0 Å². The SMILES string of the molecule is CC(C)Oc1cccc(N(C)CCC2(O)CCN(CCc3ccc(C#N)cc3)CC2)c1. The van der Waals surface area contributed by atoms with Crippen LogP contribution in [0, 0.1) is 11.3 Å². The summed E-state index contributed by atoms with van der Waals surface area (Å²) in [6.45, 7) is 7.71. The van der Waals surface area contributed by atoms with Crippen molar-refractivity contribution in [3.63, 3.8) is 0 Å². The third-order valence-corrected chi connectivity index (χ3v) is 6.13. The Morgan fingerprint density at radius 3 is 2.52 bits per heavy atom. The molecule has 0 bridgehead atoms. The van der Waals surface area contributed by atoms with Crippen LogP contribution in [0.5, 0.6) is 5.75 Å². The lowest BCUT2D eigenvalue weighted by molar-refractivity contribution is -0.0254. The molecule has 1 N–H and O–H groups in total. The Bertz CT molecular complexity index is 865. The van der Waals surface area contributed by atoms with Crippen molar-refractivity contribution in [3.8, 4) is 11.8 Å². The smallest absolute Gasteiger partial charge is 0.121 e. The van der Waals surface area contributed by atoms with Gasteiger partial charge in [-0.15, -0.1) is 0 Å². The molecule has 0 aromatic heterocycles. The van der Waals surface area contributed by atoms with Gasteiger partial charge in [-0.1, -0.05) is 18.2 Å². The molecule has 1 aliphatic heterocycles. The second-order valence-corrected chi connectivity index (χ2v) is 8.96. The number of nitrogens with zero attached hydrogens (tertiary/aromatic N) is 3. The Hall–Kier alpha value is -2.55. The van der Waals surface area contributed by atoms with Crippen LogP contribution in [0.1, 0.15) is 44.2 Å². The van der Waals surface area contributed by atoms with Crippen LogP contribution in [0.4, 0.5) is 5.69 Å². The van der Waals surface area contributed by atoms with E-state index < -0.39 is 5.60 Å². The molecule has 0 unspecified atom stereocenters. The van der Waals surface area contributed by atoms with E-state index in [1.807, 2.05) is 50.2 Å². The molecular formula is C26H35N3O2. The molecule has 0 radical (unpaired) electrons. The number of likely N-dealkylation sites (tertiary alicyclic amines) is 1. The van der Waals surface area contributed by atoms with Gasteiger partial charge in [0.15, 0.2) is 0 Å². The Morgan fingerprint density at radius 2 is 1.87 bits per heavy atom. The standard InChI is InChI=1S/C26H35N3O2/c1-21(2)31-25-6-4-5-24(19-25)28(3)16-12-26(30)13-17-29(18-14-26)15-11-22-7-9-23(20-27)10-8-22/h4-10,19,21,30H,11-18H2,1-3H3. The maximum absolute atomic E-state index is 11.1. The quantitative estimate of drug-likeness (QED) is 0.656. The molecule has 166 valence electrons. The maximum atomic E-state index is 11.1. The van der Waals surface area contributed by atoms with Gasteiger partial charge in [0.1, 0.15) is 5.75 Å². The molecule has 31 heavy (non-hydrogen) atoms. The molecule has 0 saturated carbocycles. The lowest BCUT2D eigenvalue weighted by Crippen LogP contribution is -2.46. The minimum atomic E-state index is -0.592. The third-order valence-electron chi connectivity index (χ3n) is 6.13. The van der Waals surface area contributed by atoms with Crippen molar-refractivity contribution in [1.82, 2.24) is 4.90 Å². The number of rotatable bonds is 9. The minimum absolute atomic E-state index is 0.156. The molecule has 0 spiro atoms. The highest BCUT2D eigenvalue weighted by molar-refractivity contribution is 5.50. The summed E-state index contributed by atoms with van der Waals surface area (Å²) >= 11 is 0. The lowest BCUT2D eigenvalue weighted by atomic mass is 9.88. The minimum Gasteiger partial charge on any atom is -0.491 e. The second kappa shape index (κ2) is 10.7. The highest BCUT2D eigenvalue weighted by Gasteiger charge is 2.32. The van der Waals surface area contributed by atoms with Gasteiger partial charge in [0.2, 0.25) is 0 Å². The molecule has 2 aromatic carbocycles. The largest absolute Gasteiger partial charge is 0.491 e. The van der Waals surface area contributed by atoms with E-state index in [2.05, 4.69) is 35.0 Å². The van der Waals surface area contributed by atoms with Crippen molar-refractivity contribution in [3.05, 3.63) is 59.7 Å². The monoisotopic (exact) mass is 421 g/mol. The topological polar surface area (TPSA) is 59.7 Å². The number of piperidine rings is 1. The summed E-state index contributed by atoms with van der Waals surface area (Å²) in [7, 11) is 2.07. The first kappa shape index (κ1) is 23.1. The molecule has 5 nitrogen and oxygen atoms in total. The first-order valence-corrected chi connectivity index (χ1v) is 11.3. The molecule has 1 fully saturated rings. The van der Waals surface area contributed by atoms with E-state index in [0.29, 0.717) is 5.56 Å². The van der Waals surface area contributed by atoms with Crippen molar-refractivity contribution in [2.75, 3.05) is 38.1 Å². The molecule has 0 atom stereocenters. The molecule has 1 aliphatic rings. The number of nitriles is 1. The molecule has 0 amide bonds. The summed E-state index contributed by atoms with van der Waals surface area (Å²) < 4.78 is 5.80. The Labute approximate surface area is 186 Å². The van der Waals surface area contributed by atoms with Crippen LogP contribution in [-0.4, -0.2) is 54.9 Å². The van der Waals surface area contributed by atoms with E-state index in [9.17, 15) is 5.11 Å². The molecule has 1 heterocycles. The van der Waals surface area contributed by atoms with Gasteiger partial charge < -0.3 is 19.6 Å². The van der Waals surface area contributed by atoms with Crippen molar-refractivity contribution >= 4 is 5.69 Å². The van der Waals surface area contributed by atoms with Crippen molar-refractivity contribution in [2.24, 2.45) is 0 Å². The number of hydrogen-bond acceptors (Lipinski definition) is 5. The Morgan fingerprint density at radius 1 is 1.16 bits per heavy atom. The molecular weight excluding hydrogens is 386 g/mol. The molecule has 0 aliphatic carbocycles. The predicted octanol–water partition coefficient (Wildman–Crippen LogP) is 4.24. The number of hydrogen-bond donors (Lipinski definition) is 1. The maximum Gasteiger partial charge on any atom is 0.121 e. The van der Waals surface area contributed by atoms with E-state index >= 15 is 0 Å². The Balaban J connectivity index is 1.43. The van der Waals surface area contributed by atoms with E-state index in [4.69, 9.17) is 10.00 Å². The summed E-state index contributed by atoms with van der Waals surface area (Å²) in [5.74, 6) is 0.883. The van der Waals surface area contributed by atoms with Crippen LogP contribution in [0.15, 0.2) is 48.5 Å². The summed E-state index contributed by atoms with van der Waals surface area (Å²) in [5.41, 5.74) is 2.48. The van der Waals surface area contributed by atoms with Crippen LogP contribution >= 0.6 is 0 Å². The van der Waals surface area contributed by atoms with Gasteiger partial charge in [-0.25, -0.2) is 0 Å². The first-order chi connectivity index (χ1) is 14.9. The molecule has 5 heteroatoms. The second-order valence-electron chi connectivity index (χ2n) is 8.96. The van der Waals surface area contributed by atoms with Gasteiger partial charge in [0, 0.05) is 45.0 Å². The van der Waals surface area contributed by atoms with Crippen LogP contribution in [0.3, 0.4) is 0 Å². The lowest BCUT2D eigenvalue weighted by Gasteiger charge is -2.39.